The summed E-state index contributed by atoms with van der Waals surface area (Å²) in [6.45, 7) is 10.3. The van der Waals surface area contributed by atoms with E-state index < -0.39 is 0 Å². The van der Waals surface area contributed by atoms with Crippen LogP contribution in [0.5, 0.6) is 0 Å². The van der Waals surface area contributed by atoms with Crippen molar-refractivity contribution in [2.24, 2.45) is 0 Å². The van der Waals surface area contributed by atoms with Crippen LogP contribution in [0, 0.1) is 0 Å². The number of nitrogens with one attached hydrogen (secondary N) is 3. The minimum atomic E-state index is -0.355. The van der Waals surface area contributed by atoms with Gasteiger partial charge in [-0.25, -0.2) is 0 Å². The first kappa shape index (κ1) is 17.4. The Hall–Kier alpha value is -0.910. The SMILES string of the molecule is C=CNCCC(O)CC(=C)NCC1NCC(SC)C2=C1CC2. The summed E-state index contributed by atoms with van der Waals surface area (Å²) in [4.78, 5) is 0. The lowest BCUT2D eigenvalue weighted by Gasteiger charge is -2.41. The van der Waals surface area contributed by atoms with Crippen LogP contribution in [0.25, 0.3) is 0 Å². The Labute approximate surface area is 138 Å². The molecule has 1 heterocycles. The Morgan fingerprint density at radius 2 is 2.27 bits per heavy atom. The summed E-state index contributed by atoms with van der Waals surface area (Å²) >= 11 is 1.95. The van der Waals surface area contributed by atoms with Crippen molar-refractivity contribution in [3.63, 3.8) is 0 Å². The van der Waals surface area contributed by atoms with E-state index in [0.717, 1.165) is 25.3 Å². The second kappa shape index (κ2) is 8.65. The molecule has 0 aromatic rings. The van der Waals surface area contributed by atoms with E-state index in [2.05, 4.69) is 35.4 Å². The topological polar surface area (TPSA) is 56.3 Å². The zero-order valence-corrected chi connectivity index (χ0v) is 14.3. The van der Waals surface area contributed by atoms with Gasteiger partial charge >= 0.3 is 0 Å². The standard InChI is InChI=1S/C17H29N3OS/c1-4-18-8-7-13(21)9-12(2)19-10-16-14-5-6-15(14)17(22-3)11-20-16/h4,13,16-21H,1-2,5-11H2,3H3. The molecule has 0 spiro atoms. The summed E-state index contributed by atoms with van der Waals surface area (Å²) in [6.07, 6.45) is 7.30. The Morgan fingerprint density at radius 3 is 2.91 bits per heavy atom. The Kier molecular flexibility index (Phi) is 6.86. The first-order valence-corrected chi connectivity index (χ1v) is 9.36. The highest BCUT2D eigenvalue weighted by Gasteiger charge is 2.33. The van der Waals surface area contributed by atoms with Crippen molar-refractivity contribution in [2.45, 2.75) is 43.1 Å². The number of rotatable bonds is 10. The third-order valence-electron chi connectivity index (χ3n) is 4.52. The van der Waals surface area contributed by atoms with Gasteiger partial charge in [0.1, 0.15) is 0 Å². The molecule has 4 nitrogen and oxygen atoms in total. The summed E-state index contributed by atoms with van der Waals surface area (Å²) < 4.78 is 0. The lowest BCUT2D eigenvalue weighted by Crippen LogP contribution is -2.50. The van der Waals surface area contributed by atoms with Crippen molar-refractivity contribution in [1.82, 2.24) is 16.0 Å². The molecule has 3 atom stereocenters. The number of hydrogen-bond acceptors (Lipinski definition) is 5. The van der Waals surface area contributed by atoms with Crippen molar-refractivity contribution >= 4 is 11.8 Å². The van der Waals surface area contributed by atoms with Gasteiger partial charge in [0.05, 0.1) is 6.10 Å². The van der Waals surface area contributed by atoms with Gasteiger partial charge in [-0.2, -0.15) is 11.8 Å². The number of hydrogen-bond donors (Lipinski definition) is 4. The molecule has 0 saturated heterocycles. The predicted octanol–water partition coefficient (Wildman–Crippen LogP) is 1.76. The van der Waals surface area contributed by atoms with E-state index in [0.29, 0.717) is 24.1 Å². The molecule has 0 radical (unpaired) electrons. The minimum Gasteiger partial charge on any atom is -0.393 e. The van der Waals surface area contributed by atoms with Crippen LogP contribution in [0.3, 0.4) is 0 Å². The lowest BCUT2D eigenvalue weighted by molar-refractivity contribution is 0.163. The summed E-state index contributed by atoms with van der Waals surface area (Å²) in [5, 5.41) is 20.6. The highest BCUT2D eigenvalue weighted by atomic mass is 32.2. The molecule has 0 bridgehead atoms. The van der Waals surface area contributed by atoms with Crippen molar-refractivity contribution in [1.29, 1.82) is 0 Å². The van der Waals surface area contributed by atoms with Gasteiger partial charge in [-0.05, 0) is 31.7 Å². The minimum absolute atomic E-state index is 0.355. The summed E-state index contributed by atoms with van der Waals surface area (Å²) in [5.41, 5.74) is 4.18. The molecule has 2 aliphatic rings. The molecule has 0 aromatic carbocycles. The molecule has 0 fully saturated rings. The number of thioether (sulfide) groups is 1. The van der Waals surface area contributed by atoms with E-state index in [4.69, 9.17) is 0 Å². The maximum Gasteiger partial charge on any atom is 0.0611 e. The van der Waals surface area contributed by atoms with Gasteiger partial charge in [-0.1, -0.05) is 24.3 Å². The molecule has 0 aromatic heterocycles. The Bertz CT molecular complexity index is 436. The van der Waals surface area contributed by atoms with Crippen LogP contribution >= 0.6 is 11.8 Å². The number of aliphatic hydroxyl groups is 1. The third kappa shape index (κ3) is 4.54. The fourth-order valence-electron chi connectivity index (χ4n) is 3.15. The van der Waals surface area contributed by atoms with Crippen LogP contribution in [0.2, 0.25) is 0 Å². The molecule has 3 unspecified atom stereocenters. The molecular formula is C17H29N3OS. The van der Waals surface area contributed by atoms with Gasteiger partial charge in [0.15, 0.2) is 0 Å². The molecular weight excluding hydrogens is 294 g/mol. The van der Waals surface area contributed by atoms with Crippen LogP contribution in [0.4, 0.5) is 0 Å². The molecule has 0 amide bonds. The predicted molar refractivity (Wildman–Crippen MR) is 95.9 cm³/mol. The molecule has 124 valence electrons. The van der Waals surface area contributed by atoms with E-state index >= 15 is 0 Å². The fourth-order valence-corrected chi connectivity index (χ4v) is 3.97. The average Bonchev–Trinajstić information content (AvgIpc) is 2.46. The van der Waals surface area contributed by atoms with E-state index in [-0.39, 0.29) is 6.10 Å². The van der Waals surface area contributed by atoms with Gasteiger partial charge in [0.25, 0.3) is 0 Å². The van der Waals surface area contributed by atoms with Crippen LogP contribution in [0.15, 0.2) is 36.2 Å². The maximum absolute atomic E-state index is 9.95. The van der Waals surface area contributed by atoms with Gasteiger partial charge in [-0.15, -0.1) is 0 Å². The van der Waals surface area contributed by atoms with Crippen LogP contribution in [0.1, 0.15) is 25.7 Å². The van der Waals surface area contributed by atoms with Gasteiger partial charge in [0.2, 0.25) is 0 Å². The van der Waals surface area contributed by atoms with E-state index in [1.807, 2.05) is 11.8 Å². The molecule has 4 N–H and O–H groups in total. The van der Waals surface area contributed by atoms with Crippen LogP contribution in [-0.2, 0) is 0 Å². The third-order valence-corrected chi connectivity index (χ3v) is 5.54. The smallest absolute Gasteiger partial charge is 0.0611 e. The Balaban J connectivity index is 1.71. The Morgan fingerprint density at radius 1 is 1.50 bits per heavy atom. The summed E-state index contributed by atoms with van der Waals surface area (Å²) in [5.74, 6) is 0. The van der Waals surface area contributed by atoms with Crippen molar-refractivity contribution < 1.29 is 5.11 Å². The first-order valence-electron chi connectivity index (χ1n) is 8.07. The molecule has 0 saturated carbocycles. The van der Waals surface area contributed by atoms with Crippen LogP contribution in [-0.4, -0.2) is 48.4 Å². The molecule has 22 heavy (non-hydrogen) atoms. The second-order valence-corrected chi connectivity index (χ2v) is 7.07. The normalized spacial score (nSPS) is 25.0. The lowest BCUT2D eigenvalue weighted by atomic mass is 9.79. The fraction of sp³-hybridized carbons (Fsp3) is 0.647. The molecule has 2 rings (SSSR count). The van der Waals surface area contributed by atoms with E-state index in [9.17, 15) is 5.11 Å². The average molecular weight is 324 g/mol. The van der Waals surface area contributed by atoms with Gasteiger partial charge < -0.3 is 21.1 Å². The summed E-state index contributed by atoms with van der Waals surface area (Å²) in [7, 11) is 0. The molecule has 5 heteroatoms. The second-order valence-electron chi connectivity index (χ2n) is 6.02. The zero-order valence-electron chi connectivity index (χ0n) is 13.5. The number of aliphatic hydroxyl groups excluding tert-OH is 1. The van der Waals surface area contributed by atoms with Gasteiger partial charge in [0, 0.05) is 43.0 Å². The first-order chi connectivity index (χ1) is 10.7. The molecule has 1 aliphatic carbocycles. The monoisotopic (exact) mass is 323 g/mol. The van der Waals surface area contributed by atoms with Gasteiger partial charge in [-0.3, -0.25) is 0 Å². The molecule has 1 aliphatic heterocycles. The largest absolute Gasteiger partial charge is 0.393 e. The van der Waals surface area contributed by atoms with Crippen molar-refractivity contribution in [3.05, 3.63) is 36.2 Å². The zero-order chi connectivity index (χ0) is 15.9. The highest BCUT2D eigenvalue weighted by molar-refractivity contribution is 7.99. The summed E-state index contributed by atoms with van der Waals surface area (Å²) in [6, 6.07) is 0.434. The quantitative estimate of drug-likeness (QED) is 0.365. The van der Waals surface area contributed by atoms with E-state index in [1.165, 1.54) is 12.8 Å². The maximum atomic E-state index is 9.95. The van der Waals surface area contributed by atoms with Crippen LogP contribution < -0.4 is 16.0 Å². The van der Waals surface area contributed by atoms with Crippen molar-refractivity contribution in [3.8, 4) is 0 Å². The van der Waals surface area contributed by atoms with Crippen molar-refractivity contribution in [2.75, 3.05) is 25.9 Å². The highest BCUT2D eigenvalue weighted by Crippen LogP contribution is 2.39. The van der Waals surface area contributed by atoms with E-state index in [1.54, 1.807) is 17.3 Å².